The molecule has 10 heteroatoms. The SMILES string of the molecule is COc1ccc(-c2n[nH]c(CNC(=O)c3ccc4c(c3)CCN4S(C)(=O)=O)n2)cc1. The number of carbonyl (C=O) groups is 1. The topological polar surface area (TPSA) is 117 Å². The minimum atomic E-state index is -3.31. The molecule has 0 bridgehead atoms. The largest absolute Gasteiger partial charge is 0.497 e. The van der Waals surface area contributed by atoms with E-state index in [4.69, 9.17) is 4.74 Å². The third kappa shape index (κ3) is 3.99. The Morgan fingerprint density at radius 3 is 2.70 bits per heavy atom. The van der Waals surface area contributed by atoms with E-state index in [1.54, 1.807) is 25.3 Å². The number of aromatic nitrogens is 3. The van der Waals surface area contributed by atoms with E-state index in [-0.39, 0.29) is 12.5 Å². The van der Waals surface area contributed by atoms with E-state index < -0.39 is 10.0 Å². The van der Waals surface area contributed by atoms with Gasteiger partial charge in [0.15, 0.2) is 5.82 Å². The Kier molecular flexibility index (Phi) is 5.17. The Morgan fingerprint density at radius 2 is 2.00 bits per heavy atom. The fourth-order valence-corrected chi connectivity index (χ4v) is 4.33. The van der Waals surface area contributed by atoms with Gasteiger partial charge in [0.2, 0.25) is 10.0 Å². The van der Waals surface area contributed by atoms with Crippen LogP contribution in [0.15, 0.2) is 42.5 Å². The molecule has 2 heterocycles. The molecule has 1 aromatic heterocycles. The summed E-state index contributed by atoms with van der Waals surface area (Å²) < 4.78 is 30.2. The van der Waals surface area contributed by atoms with Crippen LogP contribution < -0.4 is 14.4 Å². The first kappa shape index (κ1) is 19.9. The first-order valence-corrected chi connectivity index (χ1v) is 11.1. The number of hydrogen-bond acceptors (Lipinski definition) is 6. The van der Waals surface area contributed by atoms with E-state index in [1.807, 2.05) is 24.3 Å². The number of nitrogens with one attached hydrogen (secondary N) is 2. The van der Waals surface area contributed by atoms with Crippen molar-refractivity contribution in [2.45, 2.75) is 13.0 Å². The third-order valence-electron chi connectivity index (χ3n) is 4.89. The summed E-state index contributed by atoms with van der Waals surface area (Å²) in [7, 11) is -1.71. The van der Waals surface area contributed by atoms with Gasteiger partial charge in [-0.25, -0.2) is 13.4 Å². The number of sulfonamides is 1. The maximum absolute atomic E-state index is 12.5. The molecule has 0 unspecified atom stereocenters. The van der Waals surface area contributed by atoms with Gasteiger partial charge in [-0.05, 0) is 54.4 Å². The number of benzene rings is 2. The van der Waals surface area contributed by atoms with Gasteiger partial charge in [0, 0.05) is 17.7 Å². The lowest BCUT2D eigenvalue weighted by atomic mass is 10.1. The highest BCUT2D eigenvalue weighted by Crippen LogP contribution is 2.30. The zero-order chi connectivity index (χ0) is 21.3. The normalized spacial score (nSPS) is 13.2. The van der Waals surface area contributed by atoms with E-state index in [0.29, 0.717) is 35.9 Å². The summed E-state index contributed by atoms with van der Waals surface area (Å²) in [4.78, 5) is 16.9. The maximum Gasteiger partial charge on any atom is 0.251 e. The molecule has 2 N–H and O–H groups in total. The van der Waals surface area contributed by atoms with Gasteiger partial charge in [-0.15, -0.1) is 0 Å². The monoisotopic (exact) mass is 427 g/mol. The van der Waals surface area contributed by atoms with Crippen molar-refractivity contribution in [2.24, 2.45) is 0 Å². The van der Waals surface area contributed by atoms with E-state index in [9.17, 15) is 13.2 Å². The molecule has 0 fully saturated rings. The summed E-state index contributed by atoms with van der Waals surface area (Å²) in [6.07, 6.45) is 1.76. The molecule has 2 aromatic carbocycles. The molecule has 1 amide bonds. The Balaban J connectivity index is 1.41. The van der Waals surface area contributed by atoms with E-state index in [0.717, 1.165) is 16.9 Å². The van der Waals surface area contributed by atoms with Crippen molar-refractivity contribution in [1.29, 1.82) is 0 Å². The van der Waals surface area contributed by atoms with Crippen molar-refractivity contribution < 1.29 is 17.9 Å². The van der Waals surface area contributed by atoms with E-state index in [1.165, 1.54) is 10.6 Å². The lowest BCUT2D eigenvalue weighted by Gasteiger charge is -2.16. The molecule has 3 aromatic rings. The van der Waals surface area contributed by atoms with Crippen LogP contribution in [0.1, 0.15) is 21.7 Å². The molecule has 0 saturated carbocycles. The number of nitrogens with zero attached hydrogens (tertiary/aromatic N) is 3. The van der Waals surface area contributed by atoms with Gasteiger partial charge in [-0.2, -0.15) is 5.10 Å². The van der Waals surface area contributed by atoms with Crippen LogP contribution in [0, 0.1) is 0 Å². The van der Waals surface area contributed by atoms with Crippen LogP contribution in [0.25, 0.3) is 11.4 Å². The Morgan fingerprint density at radius 1 is 1.23 bits per heavy atom. The molecule has 0 atom stereocenters. The standard InChI is InChI=1S/C20H21N5O4S/c1-29-16-6-3-13(4-7-16)19-22-18(23-24-19)12-21-20(26)15-5-8-17-14(11-15)9-10-25(17)30(2,27)28/h3-8,11H,9-10,12H2,1-2H3,(H,21,26)(H,22,23,24). The zero-order valence-electron chi connectivity index (χ0n) is 16.5. The second kappa shape index (κ2) is 7.79. The predicted octanol–water partition coefficient (Wildman–Crippen LogP) is 1.73. The van der Waals surface area contributed by atoms with Gasteiger partial charge in [-0.1, -0.05) is 0 Å². The fourth-order valence-electron chi connectivity index (χ4n) is 3.37. The number of fused-ring (bicyclic) bond motifs is 1. The van der Waals surface area contributed by atoms with Crippen LogP contribution in [-0.2, 0) is 23.0 Å². The summed E-state index contributed by atoms with van der Waals surface area (Å²) in [6.45, 7) is 0.583. The highest BCUT2D eigenvalue weighted by Gasteiger charge is 2.26. The van der Waals surface area contributed by atoms with E-state index in [2.05, 4.69) is 20.5 Å². The molecular weight excluding hydrogens is 406 g/mol. The maximum atomic E-state index is 12.5. The van der Waals surface area contributed by atoms with Gasteiger partial charge < -0.3 is 10.1 Å². The predicted molar refractivity (Wildman–Crippen MR) is 112 cm³/mol. The number of aromatic amines is 1. The molecule has 0 radical (unpaired) electrons. The van der Waals surface area contributed by atoms with Gasteiger partial charge >= 0.3 is 0 Å². The number of H-pyrrole nitrogens is 1. The van der Waals surface area contributed by atoms with Gasteiger partial charge in [0.1, 0.15) is 11.6 Å². The molecular formula is C20H21N5O4S. The molecule has 1 aliphatic rings. The second-order valence-electron chi connectivity index (χ2n) is 6.95. The fraction of sp³-hybridized carbons (Fsp3) is 0.250. The molecule has 0 aliphatic carbocycles. The van der Waals surface area contributed by atoms with Gasteiger partial charge in [-0.3, -0.25) is 14.2 Å². The van der Waals surface area contributed by atoms with Crippen LogP contribution in [0.4, 0.5) is 5.69 Å². The van der Waals surface area contributed by atoms with Crippen LogP contribution in [0.3, 0.4) is 0 Å². The van der Waals surface area contributed by atoms with Crippen LogP contribution >= 0.6 is 0 Å². The molecule has 4 rings (SSSR count). The lowest BCUT2D eigenvalue weighted by Crippen LogP contribution is -2.27. The van der Waals surface area contributed by atoms with Crippen LogP contribution in [-0.4, -0.2) is 49.4 Å². The zero-order valence-corrected chi connectivity index (χ0v) is 17.4. The highest BCUT2D eigenvalue weighted by molar-refractivity contribution is 7.92. The van der Waals surface area contributed by atoms with Gasteiger partial charge in [0.25, 0.3) is 5.91 Å². The number of methoxy groups -OCH3 is 1. The molecule has 9 nitrogen and oxygen atoms in total. The number of amides is 1. The molecule has 30 heavy (non-hydrogen) atoms. The number of rotatable bonds is 6. The van der Waals surface area contributed by atoms with Crippen molar-refractivity contribution >= 4 is 21.6 Å². The third-order valence-corrected chi connectivity index (χ3v) is 6.07. The summed E-state index contributed by atoms with van der Waals surface area (Å²) in [6, 6.07) is 12.4. The molecule has 1 aliphatic heterocycles. The molecule has 156 valence electrons. The number of ether oxygens (including phenoxy) is 1. The average molecular weight is 427 g/mol. The minimum absolute atomic E-state index is 0.189. The van der Waals surface area contributed by atoms with Crippen molar-refractivity contribution in [3.8, 4) is 17.1 Å². The number of carbonyl (C=O) groups excluding carboxylic acids is 1. The summed E-state index contributed by atoms with van der Waals surface area (Å²) >= 11 is 0. The highest BCUT2D eigenvalue weighted by atomic mass is 32.2. The van der Waals surface area contributed by atoms with Crippen molar-refractivity contribution in [3.63, 3.8) is 0 Å². The van der Waals surface area contributed by atoms with Crippen LogP contribution in [0.2, 0.25) is 0 Å². The quantitative estimate of drug-likeness (QED) is 0.619. The first-order chi connectivity index (χ1) is 14.3. The smallest absolute Gasteiger partial charge is 0.251 e. The van der Waals surface area contributed by atoms with Crippen molar-refractivity contribution in [1.82, 2.24) is 20.5 Å². The average Bonchev–Trinajstić information content (AvgIpc) is 3.38. The Bertz CT molecular complexity index is 1190. The lowest BCUT2D eigenvalue weighted by molar-refractivity contribution is 0.0950. The number of anilines is 1. The Hall–Kier alpha value is -3.40. The summed E-state index contributed by atoms with van der Waals surface area (Å²) in [5.74, 6) is 1.53. The number of hydrogen-bond donors (Lipinski definition) is 2. The van der Waals surface area contributed by atoms with E-state index >= 15 is 0 Å². The summed E-state index contributed by atoms with van der Waals surface area (Å²) in [5.41, 5.74) is 2.78. The molecule has 0 saturated heterocycles. The van der Waals surface area contributed by atoms with Crippen LogP contribution in [0.5, 0.6) is 5.75 Å². The van der Waals surface area contributed by atoms with Crippen molar-refractivity contribution in [3.05, 3.63) is 59.4 Å². The van der Waals surface area contributed by atoms with Gasteiger partial charge in [0.05, 0.1) is 25.6 Å². The minimum Gasteiger partial charge on any atom is -0.497 e. The summed E-state index contributed by atoms with van der Waals surface area (Å²) in [5, 5.41) is 9.81. The first-order valence-electron chi connectivity index (χ1n) is 9.29. The second-order valence-corrected chi connectivity index (χ2v) is 8.85. The Labute approximate surface area is 174 Å². The molecule has 0 spiro atoms. The van der Waals surface area contributed by atoms with Crippen molar-refractivity contribution in [2.75, 3.05) is 24.2 Å².